The van der Waals surface area contributed by atoms with E-state index < -0.39 is 11.7 Å². The molecule has 4 nitrogen and oxygen atoms in total. The monoisotopic (exact) mass is 302 g/mol. The van der Waals surface area contributed by atoms with Crippen molar-refractivity contribution in [1.29, 1.82) is 0 Å². The molecule has 2 N–H and O–H groups in total. The molecule has 0 radical (unpaired) electrons. The Morgan fingerprint density at radius 2 is 2.00 bits per heavy atom. The van der Waals surface area contributed by atoms with E-state index in [2.05, 4.69) is 10.6 Å². The van der Waals surface area contributed by atoms with E-state index in [0.29, 0.717) is 12.2 Å². The number of amides is 1. The third kappa shape index (κ3) is 4.93. The largest absolute Gasteiger partial charge is 0.416 e. The number of rotatable bonds is 5. The number of carbonyl (C=O) groups is 1. The van der Waals surface area contributed by atoms with Crippen LogP contribution in [0.2, 0.25) is 0 Å². The van der Waals surface area contributed by atoms with Crippen LogP contribution in [0.25, 0.3) is 0 Å². The van der Waals surface area contributed by atoms with Crippen molar-refractivity contribution in [3.8, 4) is 0 Å². The van der Waals surface area contributed by atoms with Crippen molar-refractivity contribution >= 4 is 11.6 Å². The highest BCUT2D eigenvalue weighted by Gasteiger charge is 2.29. The van der Waals surface area contributed by atoms with E-state index in [9.17, 15) is 18.0 Å². The van der Waals surface area contributed by atoms with Gasteiger partial charge < -0.3 is 15.4 Å². The fourth-order valence-electron chi connectivity index (χ4n) is 2.05. The first kappa shape index (κ1) is 15.6. The molecule has 116 valence electrons. The lowest BCUT2D eigenvalue weighted by Gasteiger charge is -2.12. The first-order valence-corrected chi connectivity index (χ1v) is 6.74. The van der Waals surface area contributed by atoms with Crippen LogP contribution in [-0.4, -0.2) is 31.7 Å². The van der Waals surface area contributed by atoms with E-state index in [1.54, 1.807) is 0 Å². The Morgan fingerprint density at radius 3 is 2.57 bits per heavy atom. The van der Waals surface area contributed by atoms with Gasteiger partial charge in [-0.05, 0) is 37.1 Å². The maximum atomic E-state index is 12.4. The van der Waals surface area contributed by atoms with Crippen LogP contribution in [0, 0.1) is 0 Å². The van der Waals surface area contributed by atoms with Gasteiger partial charge in [0.1, 0.15) is 0 Å². The Labute approximate surface area is 120 Å². The van der Waals surface area contributed by atoms with Crippen molar-refractivity contribution in [3.05, 3.63) is 29.8 Å². The molecule has 0 bridgehead atoms. The number of alkyl halides is 3. The molecule has 1 unspecified atom stereocenters. The summed E-state index contributed by atoms with van der Waals surface area (Å²) >= 11 is 0. The molecule has 1 atom stereocenters. The average molecular weight is 302 g/mol. The zero-order valence-corrected chi connectivity index (χ0v) is 11.4. The van der Waals surface area contributed by atoms with Gasteiger partial charge in [-0.2, -0.15) is 13.2 Å². The molecule has 1 heterocycles. The minimum absolute atomic E-state index is 0.0120. The molecule has 1 aliphatic rings. The van der Waals surface area contributed by atoms with Gasteiger partial charge in [0.05, 0.1) is 18.2 Å². The molecule has 1 saturated heterocycles. The van der Waals surface area contributed by atoms with Crippen LogP contribution in [-0.2, 0) is 15.7 Å². The standard InChI is InChI=1S/C14H17F3N2O2/c15-14(16,17)10-3-5-11(6-4-10)18-9-13(20)19-8-12-2-1-7-21-12/h3-6,12,18H,1-2,7-9H2,(H,19,20). The molecule has 0 saturated carbocycles. The van der Waals surface area contributed by atoms with Crippen LogP contribution in [0.4, 0.5) is 18.9 Å². The second kappa shape index (κ2) is 6.80. The smallest absolute Gasteiger partial charge is 0.376 e. The molecule has 21 heavy (non-hydrogen) atoms. The first-order valence-electron chi connectivity index (χ1n) is 6.74. The maximum absolute atomic E-state index is 12.4. The van der Waals surface area contributed by atoms with E-state index >= 15 is 0 Å². The van der Waals surface area contributed by atoms with E-state index in [1.807, 2.05) is 0 Å². The van der Waals surface area contributed by atoms with Gasteiger partial charge in [-0.25, -0.2) is 0 Å². The number of ether oxygens (including phenoxy) is 1. The fraction of sp³-hybridized carbons (Fsp3) is 0.500. The zero-order valence-electron chi connectivity index (χ0n) is 11.4. The predicted octanol–water partition coefficient (Wildman–Crippen LogP) is 2.41. The third-order valence-corrected chi connectivity index (χ3v) is 3.22. The van der Waals surface area contributed by atoms with Gasteiger partial charge >= 0.3 is 6.18 Å². The summed E-state index contributed by atoms with van der Waals surface area (Å²) in [6.45, 7) is 1.20. The summed E-state index contributed by atoms with van der Waals surface area (Å²) in [6, 6.07) is 4.56. The number of hydrogen-bond acceptors (Lipinski definition) is 3. The van der Waals surface area contributed by atoms with Gasteiger partial charge in [0.25, 0.3) is 0 Å². The van der Waals surface area contributed by atoms with E-state index in [1.165, 1.54) is 12.1 Å². The van der Waals surface area contributed by atoms with Crippen molar-refractivity contribution < 1.29 is 22.7 Å². The fourth-order valence-corrected chi connectivity index (χ4v) is 2.05. The molecule has 0 aliphatic carbocycles. The minimum atomic E-state index is -4.35. The van der Waals surface area contributed by atoms with Crippen LogP contribution < -0.4 is 10.6 Å². The molecular weight excluding hydrogens is 285 g/mol. The lowest BCUT2D eigenvalue weighted by Crippen LogP contribution is -2.35. The van der Waals surface area contributed by atoms with Crippen LogP contribution in [0.1, 0.15) is 18.4 Å². The summed E-state index contributed by atoms with van der Waals surface area (Å²) in [6.07, 6.45) is -2.34. The summed E-state index contributed by atoms with van der Waals surface area (Å²) in [7, 11) is 0. The van der Waals surface area contributed by atoms with Crippen LogP contribution >= 0.6 is 0 Å². The summed E-state index contributed by atoms with van der Waals surface area (Å²) in [5.41, 5.74) is -0.244. The molecule has 0 spiro atoms. The normalized spacial score (nSPS) is 18.5. The Kier molecular flexibility index (Phi) is 5.06. The van der Waals surface area contributed by atoms with Crippen molar-refractivity contribution in [3.63, 3.8) is 0 Å². The minimum Gasteiger partial charge on any atom is -0.376 e. The van der Waals surface area contributed by atoms with Gasteiger partial charge in [-0.15, -0.1) is 0 Å². The molecular formula is C14H17F3N2O2. The number of anilines is 1. The highest BCUT2D eigenvalue weighted by molar-refractivity contribution is 5.80. The summed E-state index contributed by atoms with van der Waals surface area (Å²) < 4.78 is 42.5. The van der Waals surface area contributed by atoms with E-state index in [-0.39, 0.29) is 18.6 Å². The number of carbonyl (C=O) groups excluding carboxylic acids is 1. The topological polar surface area (TPSA) is 50.4 Å². The van der Waals surface area contributed by atoms with E-state index in [0.717, 1.165) is 31.6 Å². The maximum Gasteiger partial charge on any atom is 0.416 e. The SMILES string of the molecule is O=C(CNc1ccc(C(F)(F)F)cc1)NCC1CCCO1. The van der Waals surface area contributed by atoms with E-state index in [4.69, 9.17) is 4.74 Å². The molecule has 1 fully saturated rings. The van der Waals surface area contributed by atoms with Crippen LogP contribution in [0.15, 0.2) is 24.3 Å². The molecule has 7 heteroatoms. The molecule has 1 aromatic carbocycles. The number of benzene rings is 1. The highest BCUT2D eigenvalue weighted by Crippen LogP contribution is 2.29. The zero-order chi connectivity index (χ0) is 15.3. The van der Waals surface area contributed by atoms with Crippen molar-refractivity contribution in [2.45, 2.75) is 25.1 Å². The van der Waals surface area contributed by atoms with Crippen LogP contribution in [0.3, 0.4) is 0 Å². The summed E-state index contributed by atoms with van der Waals surface area (Å²) in [5, 5.41) is 5.50. The molecule has 0 aromatic heterocycles. The summed E-state index contributed by atoms with van der Waals surface area (Å²) in [4.78, 5) is 11.6. The van der Waals surface area contributed by atoms with Crippen molar-refractivity contribution in [2.75, 3.05) is 25.0 Å². The number of nitrogens with one attached hydrogen (secondary N) is 2. The Balaban J connectivity index is 1.73. The molecule has 1 aromatic rings. The predicted molar refractivity (Wildman–Crippen MR) is 71.9 cm³/mol. The Morgan fingerprint density at radius 1 is 1.29 bits per heavy atom. The van der Waals surface area contributed by atoms with Gasteiger partial charge in [0, 0.05) is 18.8 Å². The highest BCUT2D eigenvalue weighted by atomic mass is 19.4. The van der Waals surface area contributed by atoms with Crippen LogP contribution in [0.5, 0.6) is 0 Å². The lowest BCUT2D eigenvalue weighted by molar-refractivity contribution is -0.137. The second-order valence-electron chi connectivity index (χ2n) is 4.87. The third-order valence-electron chi connectivity index (χ3n) is 3.22. The quantitative estimate of drug-likeness (QED) is 0.878. The number of halogens is 3. The summed E-state index contributed by atoms with van der Waals surface area (Å²) in [5.74, 6) is -0.217. The van der Waals surface area contributed by atoms with Gasteiger partial charge in [-0.3, -0.25) is 4.79 Å². The van der Waals surface area contributed by atoms with Gasteiger partial charge in [0.2, 0.25) is 5.91 Å². The van der Waals surface area contributed by atoms with Gasteiger partial charge in [0.15, 0.2) is 0 Å². The molecule has 1 aliphatic heterocycles. The molecule has 2 rings (SSSR count). The lowest BCUT2D eigenvalue weighted by atomic mass is 10.2. The average Bonchev–Trinajstić information content (AvgIpc) is 2.95. The van der Waals surface area contributed by atoms with Crippen molar-refractivity contribution in [1.82, 2.24) is 5.32 Å². The molecule has 1 amide bonds. The Hall–Kier alpha value is -1.76. The van der Waals surface area contributed by atoms with Crippen molar-refractivity contribution in [2.24, 2.45) is 0 Å². The number of hydrogen-bond donors (Lipinski definition) is 2. The second-order valence-corrected chi connectivity index (χ2v) is 4.87. The Bertz CT molecular complexity index is 468. The first-order chi connectivity index (χ1) is 9.95. The van der Waals surface area contributed by atoms with Gasteiger partial charge in [-0.1, -0.05) is 0 Å².